The third-order valence-electron chi connectivity index (χ3n) is 15.1. The van der Waals surface area contributed by atoms with Crippen LogP contribution in [0.15, 0.2) is 72.8 Å². The van der Waals surface area contributed by atoms with E-state index in [1.807, 2.05) is 72.8 Å². The van der Waals surface area contributed by atoms with E-state index in [4.69, 9.17) is 32.6 Å². The number of carboxylic acids is 4. The SMILES string of the molecule is CC(C)(C)c1cc(CCC(=O)O)cc(C(C)(C)C)c1O.CC(C)(C)c1cc(CCC(=O)O)cc(C(C)(C)C)c1O.CC(C)(C)c1cc(CCC(=O)O)cc(C(C)(C)C)c1O.CC(C)(C)c1cc(CCC(=O)O)cc(C(C)(C)C)c1O.S=c1[nH]c2ccccc2[nH]1. The van der Waals surface area contributed by atoms with Crippen LogP contribution in [0, 0.1) is 4.77 Å². The van der Waals surface area contributed by atoms with Gasteiger partial charge in [0.05, 0.1) is 11.0 Å². The number of imidazole rings is 1. The molecule has 90 heavy (non-hydrogen) atoms. The number of fused-ring (bicyclic) bond motifs is 1. The van der Waals surface area contributed by atoms with Gasteiger partial charge in [0.25, 0.3) is 0 Å². The van der Waals surface area contributed by atoms with Crippen molar-refractivity contribution < 1.29 is 60.0 Å². The van der Waals surface area contributed by atoms with E-state index in [9.17, 15) is 39.6 Å². The Morgan fingerprint density at radius 2 is 0.456 bits per heavy atom. The molecule has 0 saturated heterocycles. The predicted molar refractivity (Wildman–Crippen MR) is 369 cm³/mol. The number of benzene rings is 5. The summed E-state index contributed by atoms with van der Waals surface area (Å²) < 4.78 is 0.682. The summed E-state index contributed by atoms with van der Waals surface area (Å²) >= 11 is 4.90. The number of aromatic amines is 2. The first kappa shape index (κ1) is 79.0. The maximum Gasteiger partial charge on any atom is 0.303 e. The summed E-state index contributed by atoms with van der Waals surface area (Å²) in [6.45, 7) is 49.2. The van der Waals surface area contributed by atoms with Crippen molar-refractivity contribution in [2.45, 2.75) is 261 Å². The molecule has 0 aliphatic heterocycles. The van der Waals surface area contributed by atoms with Crippen LogP contribution in [0.3, 0.4) is 0 Å². The lowest BCUT2D eigenvalue weighted by Crippen LogP contribution is -2.18. The van der Waals surface area contributed by atoms with Gasteiger partial charge in [-0.25, -0.2) is 0 Å². The Hall–Kier alpha value is -7.13. The van der Waals surface area contributed by atoms with E-state index in [-0.39, 0.29) is 69.0 Å². The molecule has 6 aromatic rings. The van der Waals surface area contributed by atoms with Gasteiger partial charge in [0, 0.05) is 25.7 Å². The maximum atomic E-state index is 10.8. The lowest BCUT2D eigenvalue weighted by atomic mass is 9.78. The number of nitrogens with one attached hydrogen (secondary N) is 2. The number of aliphatic carboxylic acids is 4. The van der Waals surface area contributed by atoms with Crippen LogP contribution >= 0.6 is 12.2 Å². The monoisotopic (exact) mass is 1260 g/mol. The van der Waals surface area contributed by atoms with Crippen LogP contribution in [0.25, 0.3) is 11.0 Å². The number of carboxylic acid groups (broad SMARTS) is 4. The van der Waals surface area contributed by atoms with Gasteiger partial charge in [-0.05, 0) is 160 Å². The number of aromatic hydroxyl groups is 4. The Labute approximate surface area is 542 Å². The average Bonchev–Trinajstić information content (AvgIpc) is 1.03. The highest BCUT2D eigenvalue weighted by molar-refractivity contribution is 7.71. The lowest BCUT2D eigenvalue weighted by molar-refractivity contribution is -0.138. The first-order chi connectivity index (χ1) is 40.6. The second-order valence-electron chi connectivity index (χ2n) is 31.9. The topological polar surface area (TPSA) is 262 Å². The molecule has 0 saturated carbocycles. The van der Waals surface area contributed by atoms with Gasteiger partial charge in [0.1, 0.15) is 23.0 Å². The van der Waals surface area contributed by atoms with Crippen LogP contribution in [0.5, 0.6) is 23.0 Å². The Morgan fingerprint density at radius 3 is 0.578 bits per heavy atom. The Kier molecular flexibility index (Phi) is 27.0. The minimum absolute atomic E-state index is 0.109. The summed E-state index contributed by atoms with van der Waals surface area (Å²) in [6.07, 6.45) is 2.39. The molecule has 1 heterocycles. The minimum atomic E-state index is -0.798. The zero-order chi connectivity index (χ0) is 69.8. The van der Waals surface area contributed by atoms with E-state index >= 15 is 0 Å². The van der Waals surface area contributed by atoms with Crippen molar-refractivity contribution in [2.24, 2.45) is 0 Å². The van der Waals surface area contributed by atoms with E-state index in [0.29, 0.717) is 53.5 Å². The quantitative estimate of drug-likeness (QED) is 0.0512. The largest absolute Gasteiger partial charge is 0.507 e. The normalized spacial score (nSPS) is 12.3. The molecule has 498 valence electrons. The van der Waals surface area contributed by atoms with E-state index in [1.54, 1.807) is 0 Å². The molecular weight excluding hydrogens is 1150 g/mol. The highest BCUT2D eigenvalue weighted by Gasteiger charge is 2.31. The summed E-state index contributed by atoms with van der Waals surface area (Å²) in [7, 11) is 0. The van der Waals surface area contributed by atoms with Crippen molar-refractivity contribution in [1.82, 2.24) is 9.97 Å². The fraction of sp³-hybridized carbons (Fsp3) is 0.533. The molecule has 15 heteroatoms. The number of aryl methyl sites for hydroxylation is 4. The summed E-state index contributed by atoms with van der Waals surface area (Å²) in [5.74, 6) is -1.85. The number of aromatic nitrogens is 2. The lowest BCUT2D eigenvalue weighted by Gasteiger charge is -2.28. The Morgan fingerprint density at radius 1 is 0.311 bits per heavy atom. The zero-order valence-corrected chi connectivity index (χ0v) is 59.5. The van der Waals surface area contributed by atoms with Gasteiger partial charge in [-0.1, -0.05) is 227 Å². The van der Waals surface area contributed by atoms with Gasteiger partial charge in [0.2, 0.25) is 0 Å². The third kappa shape index (κ3) is 24.9. The number of phenolic OH excluding ortho intramolecular Hbond substituents is 4. The van der Waals surface area contributed by atoms with Gasteiger partial charge < -0.3 is 50.8 Å². The van der Waals surface area contributed by atoms with E-state index in [1.165, 1.54) is 0 Å². The van der Waals surface area contributed by atoms with Crippen molar-refractivity contribution in [1.29, 1.82) is 0 Å². The Balaban J connectivity index is 0.000000388. The smallest absolute Gasteiger partial charge is 0.303 e. The number of phenols is 4. The first-order valence-corrected chi connectivity index (χ1v) is 31.5. The fourth-order valence-electron chi connectivity index (χ4n) is 9.91. The fourth-order valence-corrected chi connectivity index (χ4v) is 10.1. The van der Waals surface area contributed by atoms with Crippen LogP contribution in [0.2, 0.25) is 0 Å². The minimum Gasteiger partial charge on any atom is -0.507 e. The second-order valence-corrected chi connectivity index (χ2v) is 32.3. The van der Waals surface area contributed by atoms with E-state index in [0.717, 1.165) is 77.8 Å². The number of carbonyl (C=O) groups is 4. The molecule has 5 aromatic carbocycles. The van der Waals surface area contributed by atoms with Crippen LogP contribution in [-0.2, 0) is 88.2 Å². The van der Waals surface area contributed by atoms with Crippen LogP contribution < -0.4 is 0 Å². The van der Waals surface area contributed by atoms with Crippen molar-refractivity contribution in [3.8, 4) is 23.0 Å². The third-order valence-corrected chi connectivity index (χ3v) is 15.3. The van der Waals surface area contributed by atoms with Gasteiger partial charge in [0.15, 0.2) is 4.77 Å². The second kappa shape index (κ2) is 30.8. The maximum absolute atomic E-state index is 10.8. The molecule has 0 fully saturated rings. The van der Waals surface area contributed by atoms with E-state index < -0.39 is 23.9 Å². The number of H-pyrrole nitrogens is 2. The van der Waals surface area contributed by atoms with Gasteiger partial charge in [-0.3, -0.25) is 19.2 Å². The van der Waals surface area contributed by atoms with E-state index in [2.05, 4.69) is 176 Å². The van der Waals surface area contributed by atoms with Crippen LogP contribution in [-0.4, -0.2) is 74.7 Å². The molecule has 1 aromatic heterocycles. The highest BCUT2D eigenvalue weighted by Crippen LogP contribution is 2.44. The molecule has 0 bridgehead atoms. The number of hydrogen-bond donors (Lipinski definition) is 10. The predicted octanol–water partition coefficient (Wildman–Crippen LogP) is 18.2. The molecule has 0 aliphatic rings. The Bertz CT molecular complexity index is 2930. The van der Waals surface area contributed by atoms with Crippen molar-refractivity contribution in [3.05, 3.63) is 144 Å². The molecule has 6 rings (SSSR count). The highest BCUT2D eigenvalue weighted by atomic mass is 32.1. The summed E-state index contributed by atoms with van der Waals surface area (Å²) in [5.41, 5.74) is 11.6. The van der Waals surface area contributed by atoms with Crippen LogP contribution in [0.4, 0.5) is 0 Å². The molecule has 0 amide bonds. The molecule has 0 radical (unpaired) electrons. The van der Waals surface area contributed by atoms with Crippen molar-refractivity contribution in [2.75, 3.05) is 0 Å². The van der Waals surface area contributed by atoms with Crippen molar-refractivity contribution in [3.63, 3.8) is 0 Å². The van der Waals surface area contributed by atoms with Crippen molar-refractivity contribution >= 4 is 47.1 Å². The molecule has 0 atom stereocenters. The number of hydrogen-bond acceptors (Lipinski definition) is 9. The van der Waals surface area contributed by atoms with Crippen LogP contribution in [0.1, 0.15) is 259 Å². The molecule has 0 unspecified atom stereocenters. The molecule has 10 N–H and O–H groups in total. The van der Waals surface area contributed by atoms with Gasteiger partial charge in [-0.15, -0.1) is 0 Å². The zero-order valence-electron chi connectivity index (χ0n) is 58.7. The standard InChI is InChI=1S/4C17H26O3.C7H6N2S/c4*1-16(2,3)12-9-11(7-8-14(18)19)10-13(15(12)20)17(4,5)6;10-7-8-5-3-1-2-4-6(5)9-7/h4*9-10,20H,7-8H2,1-6H3,(H,18,19);1-4H,(H2,8,9,10). The molecule has 14 nitrogen and oxygen atoms in total. The molecule has 0 aliphatic carbocycles. The molecule has 0 spiro atoms. The number of rotatable bonds is 12. The van der Waals surface area contributed by atoms with Gasteiger partial charge >= 0.3 is 23.9 Å². The van der Waals surface area contributed by atoms with Gasteiger partial charge in [-0.2, -0.15) is 0 Å². The summed E-state index contributed by atoms with van der Waals surface area (Å²) in [6, 6.07) is 23.4. The average molecular weight is 1260 g/mol. The first-order valence-electron chi connectivity index (χ1n) is 31.1. The summed E-state index contributed by atoms with van der Waals surface area (Å²) in [4.78, 5) is 49.1. The molecular formula is C75H110N2O12S. The summed E-state index contributed by atoms with van der Waals surface area (Å²) in [5, 5.41) is 77.5. The number of para-hydroxylation sites is 2.